The number of likely N-dealkylation sites (N-methyl/N-ethyl adjacent to an activating group) is 1. The average molecular weight is 1040 g/mol. The molecule has 10 heteroatoms. The van der Waals surface area contributed by atoms with E-state index in [-0.39, 0.29) is 31.5 Å². The lowest BCUT2D eigenvalue weighted by atomic mass is 10.0. The van der Waals surface area contributed by atoms with Crippen molar-refractivity contribution in [3.8, 4) is 0 Å². The Bertz CT molecular complexity index is 1290. The first kappa shape index (κ1) is 70.5. The number of hydrogen-bond donors (Lipinski definition) is 1. The van der Waals surface area contributed by atoms with E-state index < -0.39 is 20.0 Å². The molecule has 9 nitrogen and oxygen atoms in total. The molecule has 0 aliphatic rings. The molecule has 0 rings (SSSR count). The third-order valence-electron chi connectivity index (χ3n) is 14.1. The summed E-state index contributed by atoms with van der Waals surface area (Å²) in [4.78, 5) is 39.9. The van der Waals surface area contributed by atoms with E-state index in [0.29, 0.717) is 23.9 Å². The average Bonchev–Trinajstić information content (AvgIpc) is 3.34. The molecule has 1 N–H and O–H groups in total. The summed E-state index contributed by atoms with van der Waals surface area (Å²) in [6.45, 7) is 6.86. The molecule has 0 aromatic carbocycles. The highest BCUT2D eigenvalue weighted by molar-refractivity contribution is 7.45. The van der Waals surface area contributed by atoms with Gasteiger partial charge in [-0.2, -0.15) is 0 Å². The van der Waals surface area contributed by atoms with Crippen molar-refractivity contribution >= 4 is 19.7 Å². The first-order chi connectivity index (χ1) is 34.9. The molecular formula is C62H121N2O7P. The Morgan fingerprint density at radius 3 is 1.19 bits per heavy atom. The maximum absolute atomic E-state index is 13.5. The molecule has 0 fully saturated rings. The van der Waals surface area contributed by atoms with Gasteiger partial charge in [0.1, 0.15) is 19.3 Å². The van der Waals surface area contributed by atoms with Crippen LogP contribution in [0.2, 0.25) is 0 Å². The Kier molecular flexibility index (Phi) is 51.8. The fraction of sp³-hybridized carbons (Fsp3) is 0.903. The zero-order valence-electron chi connectivity index (χ0n) is 48.7. The van der Waals surface area contributed by atoms with E-state index in [0.717, 1.165) is 64.2 Å². The lowest BCUT2D eigenvalue weighted by Gasteiger charge is -2.30. The van der Waals surface area contributed by atoms with Crippen molar-refractivity contribution in [1.29, 1.82) is 0 Å². The Hall–Kier alpha value is -1.51. The number of carbonyl (C=O) groups is 2. The van der Waals surface area contributed by atoms with Gasteiger partial charge in [0.15, 0.2) is 0 Å². The Morgan fingerprint density at radius 2 is 0.806 bits per heavy atom. The number of phosphoric ester groups is 1. The third-order valence-corrected chi connectivity index (χ3v) is 15.1. The van der Waals surface area contributed by atoms with Crippen LogP contribution in [0.15, 0.2) is 24.3 Å². The second-order valence-corrected chi connectivity index (χ2v) is 24.0. The van der Waals surface area contributed by atoms with Crippen LogP contribution in [0.1, 0.15) is 310 Å². The number of rotatable bonds is 57. The van der Waals surface area contributed by atoms with Crippen LogP contribution in [-0.2, 0) is 27.9 Å². The van der Waals surface area contributed by atoms with Crippen molar-refractivity contribution in [1.82, 2.24) is 5.32 Å². The standard InChI is InChI=1S/C62H121N2O7P/c1-7-10-13-16-19-22-25-27-29-30-31-32-33-34-35-36-39-42-45-48-51-54-61(65)63-59(58-70-72(67,68)69-57-56-64(4,5)6)60(53-50-47-44-41-38-24-21-18-15-12-9-3)71-62(66)55-52-49-46-43-40-37-28-26-23-20-17-14-11-8-2/h37,40,50,53,59-60H,7-36,38-39,41-49,51-52,54-58H2,1-6H3,(H-,63,65,67,68)/b40-37-,53-50+. The molecule has 0 heterocycles. The number of nitrogens with one attached hydrogen (secondary N) is 1. The maximum atomic E-state index is 13.5. The minimum atomic E-state index is -4.69. The van der Waals surface area contributed by atoms with Crippen molar-refractivity contribution in [2.75, 3.05) is 40.9 Å². The molecule has 0 radical (unpaired) electrons. The highest BCUT2D eigenvalue weighted by atomic mass is 31.2. The van der Waals surface area contributed by atoms with Gasteiger partial charge in [0.2, 0.25) is 5.91 Å². The first-order valence-electron chi connectivity index (χ1n) is 31.1. The number of phosphoric acid groups is 1. The van der Waals surface area contributed by atoms with E-state index in [4.69, 9.17) is 13.8 Å². The van der Waals surface area contributed by atoms with Crippen LogP contribution in [0.3, 0.4) is 0 Å². The molecule has 0 saturated heterocycles. The summed E-state index contributed by atoms with van der Waals surface area (Å²) in [5, 5.41) is 3.03. The summed E-state index contributed by atoms with van der Waals surface area (Å²) in [7, 11) is 1.19. The molecule has 0 aliphatic carbocycles. The van der Waals surface area contributed by atoms with Crippen LogP contribution in [-0.4, -0.2) is 69.4 Å². The zero-order valence-corrected chi connectivity index (χ0v) is 49.6. The number of esters is 1. The molecule has 3 unspecified atom stereocenters. The molecule has 0 spiro atoms. The van der Waals surface area contributed by atoms with Crippen LogP contribution < -0.4 is 10.2 Å². The van der Waals surface area contributed by atoms with Gasteiger partial charge < -0.3 is 28.5 Å². The number of unbranched alkanes of at least 4 members (excludes halogenated alkanes) is 39. The summed E-state index contributed by atoms with van der Waals surface area (Å²) in [5.74, 6) is -0.545. The smallest absolute Gasteiger partial charge is 0.306 e. The minimum absolute atomic E-state index is 0.0210. The minimum Gasteiger partial charge on any atom is -0.756 e. The second-order valence-electron chi connectivity index (χ2n) is 22.6. The van der Waals surface area contributed by atoms with Crippen molar-refractivity contribution in [3.05, 3.63) is 24.3 Å². The lowest BCUT2D eigenvalue weighted by Crippen LogP contribution is -2.47. The number of amides is 1. The molecule has 1 amide bonds. The number of hydrogen-bond acceptors (Lipinski definition) is 7. The molecule has 0 aromatic heterocycles. The van der Waals surface area contributed by atoms with E-state index in [2.05, 4.69) is 38.2 Å². The number of carbonyl (C=O) groups excluding carboxylic acids is 2. The first-order valence-corrected chi connectivity index (χ1v) is 32.6. The molecule has 72 heavy (non-hydrogen) atoms. The number of nitrogens with zero attached hydrogens (tertiary/aromatic N) is 1. The monoisotopic (exact) mass is 1040 g/mol. The van der Waals surface area contributed by atoms with E-state index >= 15 is 0 Å². The van der Waals surface area contributed by atoms with Gasteiger partial charge >= 0.3 is 5.97 Å². The molecule has 426 valence electrons. The molecule has 0 saturated carbocycles. The fourth-order valence-corrected chi connectivity index (χ4v) is 10.0. The van der Waals surface area contributed by atoms with Gasteiger partial charge in [-0.05, 0) is 57.4 Å². The quantitative estimate of drug-likeness (QED) is 0.0212. The van der Waals surface area contributed by atoms with Crippen molar-refractivity contribution < 1.29 is 37.3 Å². The van der Waals surface area contributed by atoms with Gasteiger partial charge in [0.05, 0.1) is 33.8 Å². The molecule has 0 aliphatic heterocycles. The Labute approximate surface area is 447 Å². The zero-order chi connectivity index (χ0) is 52.9. The highest BCUT2D eigenvalue weighted by Crippen LogP contribution is 2.38. The van der Waals surface area contributed by atoms with Gasteiger partial charge in [-0.3, -0.25) is 14.2 Å². The van der Waals surface area contributed by atoms with E-state index in [1.54, 1.807) is 0 Å². The maximum Gasteiger partial charge on any atom is 0.306 e. The van der Waals surface area contributed by atoms with E-state index in [1.807, 2.05) is 33.3 Å². The van der Waals surface area contributed by atoms with Gasteiger partial charge in [-0.25, -0.2) is 0 Å². The fourth-order valence-electron chi connectivity index (χ4n) is 9.28. The van der Waals surface area contributed by atoms with Crippen LogP contribution in [0.5, 0.6) is 0 Å². The number of ether oxygens (including phenoxy) is 1. The van der Waals surface area contributed by atoms with Crippen molar-refractivity contribution in [2.24, 2.45) is 0 Å². The normalized spacial score (nSPS) is 13.8. The largest absolute Gasteiger partial charge is 0.756 e. The number of quaternary nitrogens is 1. The van der Waals surface area contributed by atoms with Gasteiger partial charge in [0.25, 0.3) is 7.82 Å². The van der Waals surface area contributed by atoms with Crippen LogP contribution in [0.25, 0.3) is 0 Å². The van der Waals surface area contributed by atoms with E-state index in [1.165, 1.54) is 205 Å². The van der Waals surface area contributed by atoms with Gasteiger partial charge in [0, 0.05) is 12.8 Å². The van der Waals surface area contributed by atoms with E-state index in [9.17, 15) is 19.0 Å². The number of allylic oxidation sites excluding steroid dienone is 3. The van der Waals surface area contributed by atoms with Gasteiger partial charge in [-0.15, -0.1) is 0 Å². The van der Waals surface area contributed by atoms with Gasteiger partial charge in [-0.1, -0.05) is 264 Å². The molecule has 0 aromatic rings. The van der Waals surface area contributed by atoms with Crippen molar-refractivity contribution in [3.63, 3.8) is 0 Å². The molecule has 0 bridgehead atoms. The summed E-state index contributed by atoms with van der Waals surface area (Å²) in [6.07, 6.45) is 61.5. The van der Waals surface area contributed by atoms with Crippen LogP contribution >= 0.6 is 7.82 Å². The summed E-state index contributed by atoms with van der Waals surface area (Å²) >= 11 is 0. The second kappa shape index (κ2) is 52.9. The Balaban J connectivity index is 5.15. The highest BCUT2D eigenvalue weighted by Gasteiger charge is 2.27. The SMILES string of the molecule is CCCCCCCCC/C=C\CCCCCC(=O)OC(/C=C/CCCCCCCCCCC)C(COP(=O)([O-])OCC[N+](C)(C)C)NC(=O)CCCCCCCCCCCCCCCCCCCCCCC. The summed E-state index contributed by atoms with van der Waals surface area (Å²) in [5.41, 5.74) is 0. The van der Waals surface area contributed by atoms with Crippen LogP contribution in [0.4, 0.5) is 0 Å². The predicted octanol–water partition coefficient (Wildman–Crippen LogP) is 18.3. The third kappa shape index (κ3) is 53.3. The van der Waals surface area contributed by atoms with Crippen molar-refractivity contribution in [2.45, 2.75) is 322 Å². The summed E-state index contributed by atoms with van der Waals surface area (Å²) < 4.78 is 30.3. The Morgan fingerprint density at radius 1 is 0.472 bits per heavy atom. The molecular weight excluding hydrogens is 916 g/mol. The van der Waals surface area contributed by atoms with Crippen LogP contribution in [0, 0.1) is 0 Å². The molecule has 3 atom stereocenters. The topological polar surface area (TPSA) is 114 Å². The lowest BCUT2D eigenvalue weighted by molar-refractivity contribution is -0.870. The summed E-state index contributed by atoms with van der Waals surface area (Å²) in [6, 6.07) is -0.888. The predicted molar refractivity (Wildman–Crippen MR) is 307 cm³/mol.